The Morgan fingerprint density at radius 2 is 0.580 bits per heavy atom. The molecule has 0 bridgehead atoms. The molecule has 0 aliphatic heterocycles. The number of anilines is 3. The lowest BCUT2D eigenvalue weighted by Gasteiger charge is -2.37. The van der Waals surface area contributed by atoms with Crippen molar-refractivity contribution in [1.82, 2.24) is 0 Å². The summed E-state index contributed by atoms with van der Waals surface area (Å²) in [5, 5.41) is 0. The Morgan fingerprint density at radius 3 is 1.09 bits per heavy atom. The van der Waals surface area contributed by atoms with E-state index in [0.29, 0.717) is 0 Å². The van der Waals surface area contributed by atoms with Crippen LogP contribution in [0.2, 0.25) is 0 Å². The molecule has 0 atom stereocenters. The van der Waals surface area contributed by atoms with Gasteiger partial charge in [-0.3, -0.25) is 0 Å². The summed E-state index contributed by atoms with van der Waals surface area (Å²) in [5.74, 6) is 0. The van der Waals surface area contributed by atoms with Crippen molar-refractivity contribution in [3.8, 4) is 44.5 Å². The Kier molecular flexibility index (Phi) is 9.70. The molecule has 0 heterocycles. The van der Waals surface area contributed by atoms with Crippen LogP contribution in [0.5, 0.6) is 0 Å². The predicted molar refractivity (Wildman–Crippen MR) is 287 cm³/mol. The van der Waals surface area contributed by atoms with Crippen LogP contribution in [0.3, 0.4) is 0 Å². The van der Waals surface area contributed by atoms with E-state index < -0.39 is 10.8 Å². The van der Waals surface area contributed by atoms with Gasteiger partial charge < -0.3 is 4.90 Å². The highest BCUT2D eigenvalue weighted by molar-refractivity contribution is 6.07. The molecule has 11 aromatic carbocycles. The Labute approximate surface area is 404 Å². The standard InChI is InChI=1S/C68H47N/c1-8-24-48(25-9-1)49-40-42-56(43-41-49)69(55-36-20-7-21-37-55)57-44-45-59-61(46-57)68(53-32-16-5-17-33-53,54-34-18-6-19-35-54)63-47-62-65(64(66(59)63)50-26-10-2-11-27-50)58-38-22-23-39-60(58)67(62,51-28-12-3-13-29-51)52-30-14-4-15-31-52/h1-47H. The molecule has 1 heteroatoms. The smallest absolute Gasteiger partial charge is 0.0714 e. The molecule has 2 aliphatic rings. The van der Waals surface area contributed by atoms with Crippen molar-refractivity contribution in [3.05, 3.63) is 330 Å². The van der Waals surface area contributed by atoms with Crippen LogP contribution in [0.25, 0.3) is 44.5 Å². The van der Waals surface area contributed by atoms with Crippen LogP contribution in [-0.2, 0) is 10.8 Å². The van der Waals surface area contributed by atoms with Gasteiger partial charge in [0.05, 0.1) is 10.8 Å². The van der Waals surface area contributed by atoms with Crippen molar-refractivity contribution in [3.63, 3.8) is 0 Å². The highest BCUT2D eigenvalue weighted by Crippen LogP contribution is 2.66. The lowest BCUT2D eigenvalue weighted by Crippen LogP contribution is -2.31. The van der Waals surface area contributed by atoms with Gasteiger partial charge in [0.25, 0.3) is 0 Å². The molecule has 13 rings (SSSR count). The van der Waals surface area contributed by atoms with Gasteiger partial charge in [-0.2, -0.15) is 0 Å². The second-order valence-electron chi connectivity index (χ2n) is 18.3. The summed E-state index contributed by atoms with van der Waals surface area (Å²) in [7, 11) is 0. The van der Waals surface area contributed by atoms with Crippen molar-refractivity contribution in [2.45, 2.75) is 10.8 Å². The zero-order chi connectivity index (χ0) is 45.8. The van der Waals surface area contributed by atoms with Gasteiger partial charge in [0.15, 0.2) is 0 Å². The van der Waals surface area contributed by atoms with E-state index in [0.717, 1.165) is 17.1 Å². The van der Waals surface area contributed by atoms with Crippen molar-refractivity contribution in [2.24, 2.45) is 0 Å². The Hall–Kier alpha value is -8.78. The number of hydrogen-bond acceptors (Lipinski definition) is 1. The minimum absolute atomic E-state index is 0.609. The largest absolute Gasteiger partial charge is 0.310 e. The number of hydrogen-bond donors (Lipinski definition) is 0. The van der Waals surface area contributed by atoms with E-state index in [4.69, 9.17) is 0 Å². The molecule has 11 aromatic rings. The first-order chi connectivity index (χ1) is 34.3. The van der Waals surface area contributed by atoms with E-state index in [-0.39, 0.29) is 0 Å². The summed E-state index contributed by atoms with van der Waals surface area (Å²) in [4.78, 5) is 2.42. The number of fused-ring (bicyclic) bond motifs is 6. The molecular weight excluding hydrogens is 831 g/mol. The number of benzene rings is 11. The lowest BCUT2D eigenvalue weighted by atomic mass is 9.64. The van der Waals surface area contributed by atoms with E-state index in [1.165, 1.54) is 89.0 Å². The third kappa shape index (κ3) is 6.17. The highest BCUT2D eigenvalue weighted by atomic mass is 15.1. The Morgan fingerprint density at radius 1 is 0.217 bits per heavy atom. The summed E-state index contributed by atoms with van der Waals surface area (Å²) in [6.07, 6.45) is 0. The maximum atomic E-state index is 2.63. The average Bonchev–Trinajstić information content (AvgIpc) is 3.90. The SMILES string of the molecule is c1ccc(-c2ccc(N(c3ccccc3)c3ccc4c(c3)C(c3ccccc3)(c3ccccc3)c3cc5c(c(-c6ccccc6)c3-4)-c3ccccc3C5(c3ccccc3)c3ccccc3)cc2)cc1. The third-order valence-electron chi connectivity index (χ3n) is 14.8. The van der Waals surface area contributed by atoms with Crippen LogP contribution in [0.15, 0.2) is 285 Å². The molecule has 0 N–H and O–H groups in total. The van der Waals surface area contributed by atoms with E-state index in [2.05, 4.69) is 290 Å². The fraction of sp³-hybridized carbons (Fsp3) is 0.0294. The molecule has 0 spiro atoms. The first-order valence-corrected chi connectivity index (χ1v) is 24.0. The highest BCUT2D eigenvalue weighted by Gasteiger charge is 2.53. The van der Waals surface area contributed by atoms with Gasteiger partial charge in [-0.15, -0.1) is 0 Å². The van der Waals surface area contributed by atoms with Gasteiger partial charge in [0, 0.05) is 17.1 Å². The van der Waals surface area contributed by atoms with Crippen LogP contribution in [0.4, 0.5) is 17.1 Å². The summed E-state index contributed by atoms with van der Waals surface area (Å²) in [6.45, 7) is 0. The molecule has 69 heavy (non-hydrogen) atoms. The van der Waals surface area contributed by atoms with Crippen LogP contribution in [0, 0.1) is 0 Å². The molecule has 0 amide bonds. The molecule has 0 fully saturated rings. The molecule has 0 unspecified atom stereocenters. The van der Waals surface area contributed by atoms with E-state index in [9.17, 15) is 0 Å². The minimum Gasteiger partial charge on any atom is -0.310 e. The first kappa shape index (κ1) is 40.5. The quantitative estimate of drug-likeness (QED) is 0.140. The van der Waals surface area contributed by atoms with Gasteiger partial charge in [-0.05, 0) is 125 Å². The zero-order valence-electron chi connectivity index (χ0n) is 38.1. The lowest BCUT2D eigenvalue weighted by molar-refractivity contribution is 0.744. The summed E-state index contributed by atoms with van der Waals surface area (Å²) >= 11 is 0. The Balaban J connectivity index is 1.17. The number of nitrogens with zero attached hydrogens (tertiary/aromatic N) is 1. The molecule has 0 saturated carbocycles. The molecule has 0 saturated heterocycles. The summed E-state index contributed by atoms with van der Waals surface area (Å²) in [5.41, 5.74) is 22.0. The third-order valence-corrected chi connectivity index (χ3v) is 14.8. The average molecular weight is 878 g/mol. The molecule has 2 aliphatic carbocycles. The van der Waals surface area contributed by atoms with E-state index in [1.54, 1.807) is 0 Å². The second kappa shape index (κ2) is 16.5. The predicted octanol–water partition coefficient (Wildman–Crippen LogP) is 17.2. The van der Waals surface area contributed by atoms with Gasteiger partial charge >= 0.3 is 0 Å². The van der Waals surface area contributed by atoms with E-state index in [1.807, 2.05) is 0 Å². The van der Waals surface area contributed by atoms with Gasteiger partial charge in [0.2, 0.25) is 0 Å². The van der Waals surface area contributed by atoms with Crippen molar-refractivity contribution < 1.29 is 0 Å². The Bertz CT molecular complexity index is 3530. The molecular formula is C68H47N. The van der Waals surface area contributed by atoms with Crippen molar-refractivity contribution in [2.75, 3.05) is 4.90 Å². The van der Waals surface area contributed by atoms with Gasteiger partial charge in [-0.1, -0.05) is 249 Å². The fourth-order valence-electron chi connectivity index (χ4n) is 12.0. The number of para-hydroxylation sites is 1. The van der Waals surface area contributed by atoms with Crippen LogP contribution in [-0.4, -0.2) is 0 Å². The normalized spacial score (nSPS) is 13.4. The molecule has 324 valence electrons. The van der Waals surface area contributed by atoms with Gasteiger partial charge in [0.1, 0.15) is 0 Å². The van der Waals surface area contributed by atoms with Crippen molar-refractivity contribution in [1.29, 1.82) is 0 Å². The maximum absolute atomic E-state index is 2.63. The molecule has 0 aromatic heterocycles. The van der Waals surface area contributed by atoms with Crippen LogP contribution >= 0.6 is 0 Å². The van der Waals surface area contributed by atoms with Crippen LogP contribution in [0.1, 0.15) is 44.5 Å². The monoisotopic (exact) mass is 877 g/mol. The van der Waals surface area contributed by atoms with Crippen molar-refractivity contribution >= 4 is 17.1 Å². The fourth-order valence-corrected chi connectivity index (χ4v) is 12.0. The summed E-state index contributed by atoms with van der Waals surface area (Å²) < 4.78 is 0. The molecule has 0 radical (unpaired) electrons. The molecule has 1 nitrogen and oxygen atoms in total. The number of rotatable bonds is 9. The maximum Gasteiger partial charge on any atom is 0.0714 e. The topological polar surface area (TPSA) is 3.24 Å². The first-order valence-electron chi connectivity index (χ1n) is 24.0. The zero-order valence-corrected chi connectivity index (χ0v) is 38.1. The van der Waals surface area contributed by atoms with Crippen LogP contribution < -0.4 is 4.90 Å². The second-order valence-corrected chi connectivity index (χ2v) is 18.3. The van der Waals surface area contributed by atoms with Gasteiger partial charge in [-0.25, -0.2) is 0 Å². The summed E-state index contributed by atoms with van der Waals surface area (Å²) in [6, 6.07) is 106. The van der Waals surface area contributed by atoms with E-state index >= 15 is 0 Å². The minimum atomic E-state index is -0.713.